The zero-order chi connectivity index (χ0) is 13.1. The van der Waals surface area contributed by atoms with Gasteiger partial charge < -0.3 is 15.5 Å². The summed E-state index contributed by atoms with van der Waals surface area (Å²) in [5.74, 6) is 2.21. The maximum atomic E-state index is 4.81. The Balaban J connectivity index is 1.78. The molecule has 2 aliphatic rings. The summed E-state index contributed by atoms with van der Waals surface area (Å²) in [6, 6.07) is 5.11. The number of hydrogen-bond acceptors (Lipinski definition) is 4. The van der Waals surface area contributed by atoms with E-state index in [-0.39, 0.29) is 0 Å². The molecular weight excluding hydrogens is 236 g/mol. The SMILES string of the molecule is CCc1cc(NC2CCC2)nc(N2CCNCC2)c1. The molecule has 0 spiro atoms. The van der Waals surface area contributed by atoms with E-state index in [1.807, 2.05) is 0 Å². The number of aromatic nitrogens is 1. The lowest BCUT2D eigenvalue weighted by Crippen LogP contribution is -2.44. The average Bonchev–Trinajstić information content (AvgIpc) is 2.43. The van der Waals surface area contributed by atoms with Crippen LogP contribution in [0.25, 0.3) is 0 Å². The van der Waals surface area contributed by atoms with Crippen LogP contribution < -0.4 is 15.5 Å². The molecule has 2 heterocycles. The molecule has 3 rings (SSSR count). The highest BCUT2D eigenvalue weighted by Crippen LogP contribution is 2.25. The van der Waals surface area contributed by atoms with E-state index in [0.717, 1.165) is 44.2 Å². The molecule has 0 atom stereocenters. The second-order valence-corrected chi connectivity index (χ2v) is 5.58. The van der Waals surface area contributed by atoms with Gasteiger partial charge in [0.2, 0.25) is 0 Å². The van der Waals surface area contributed by atoms with Crippen molar-refractivity contribution in [2.75, 3.05) is 36.4 Å². The number of hydrogen-bond donors (Lipinski definition) is 2. The van der Waals surface area contributed by atoms with Gasteiger partial charge in [0.15, 0.2) is 0 Å². The molecule has 1 aromatic rings. The lowest BCUT2D eigenvalue weighted by Gasteiger charge is -2.30. The number of anilines is 2. The summed E-state index contributed by atoms with van der Waals surface area (Å²) in [4.78, 5) is 7.20. The van der Waals surface area contributed by atoms with E-state index in [1.54, 1.807) is 0 Å². The van der Waals surface area contributed by atoms with E-state index in [1.165, 1.54) is 24.8 Å². The van der Waals surface area contributed by atoms with E-state index in [4.69, 9.17) is 4.98 Å². The first kappa shape index (κ1) is 12.7. The summed E-state index contributed by atoms with van der Waals surface area (Å²) in [5.41, 5.74) is 1.38. The molecule has 0 radical (unpaired) electrons. The first-order chi connectivity index (χ1) is 9.35. The minimum atomic E-state index is 0.649. The Morgan fingerprint density at radius 3 is 2.74 bits per heavy atom. The molecule has 104 valence electrons. The second kappa shape index (κ2) is 5.78. The molecule has 4 nitrogen and oxygen atoms in total. The van der Waals surface area contributed by atoms with Gasteiger partial charge in [-0.3, -0.25) is 0 Å². The molecule has 19 heavy (non-hydrogen) atoms. The van der Waals surface area contributed by atoms with Crippen LogP contribution >= 0.6 is 0 Å². The molecule has 1 saturated carbocycles. The molecule has 4 heteroatoms. The fourth-order valence-electron chi connectivity index (χ4n) is 2.67. The molecule has 1 aromatic heterocycles. The largest absolute Gasteiger partial charge is 0.367 e. The number of nitrogens with one attached hydrogen (secondary N) is 2. The minimum absolute atomic E-state index is 0.649. The Labute approximate surface area is 115 Å². The van der Waals surface area contributed by atoms with Crippen LogP contribution in [0.5, 0.6) is 0 Å². The molecule has 1 aliphatic carbocycles. The molecule has 0 unspecified atom stereocenters. The lowest BCUT2D eigenvalue weighted by molar-refractivity contribution is 0.444. The Bertz CT molecular complexity index is 422. The molecule has 1 saturated heterocycles. The van der Waals surface area contributed by atoms with Gasteiger partial charge in [0, 0.05) is 32.2 Å². The van der Waals surface area contributed by atoms with Crippen LogP contribution in [0.2, 0.25) is 0 Å². The average molecular weight is 260 g/mol. The molecule has 0 amide bonds. The first-order valence-electron chi connectivity index (χ1n) is 7.58. The standard InChI is InChI=1S/C15H24N4/c1-2-12-10-14(17-13-4-3-5-13)18-15(11-12)19-8-6-16-7-9-19/h10-11,13,16H,2-9H2,1H3,(H,17,18). The van der Waals surface area contributed by atoms with Crippen LogP contribution in [0, 0.1) is 0 Å². The number of nitrogens with zero attached hydrogens (tertiary/aromatic N) is 2. The summed E-state index contributed by atoms with van der Waals surface area (Å²) in [6.07, 6.45) is 5.01. The van der Waals surface area contributed by atoms with Crippen molar-refractivity contribution in [1.29, 1.82) is 0 Å². The van der Waals surface area contributed by atoms with Crippen molar-refractivity contribution in [2.45, 2.75) is 38.6 Å². The molecule has 1 aliphatic heterocycles. The Morgan fingerprint density at radius 2 is 2.11 bits per heavy atom. The van der Waals surface area contributed by atoms with Crippen LogP contribution in [0.15, 0.2) is 12.1 Å². The zero-order valence-corrected chi connectivity index (χ0v) is 11.8. The molecule has 0 aromatic carbocycles. The van der Waals surface area contributed by atoms with E-state index in [9.17, 15) is 0 Å². The third-order valence-electron chi connectivity index (χ3n) is 4.18. The van der Waals surface area contributed by atoms with Crippen LogP contribution in [-0.2, 0) is 6.42 Å². The van der Waals surface area contributed by atoms with Crippen LogP contribution in [-0.4, -0.2) is 37.2 Å². The number of pyridine rings is 1. The van der Waals surface area contributed by atoms with E-state index >= 15 is 0 Å². The number of rotatable bonds is 4. The van der Waals surface area contributed by atoms with Gasteiger partial charge in [0.1, 0.15) is 11.6 Å². The predicted molar refractivity (Wildman–Crippen MR) is 80.0 cm³/mol. The van der Waals surface area contributed by atoms with Crippen LogP contribution in [0.3, 0.4) is 0 Å². The topological polar surface area (TPSA) is 40.2 Å². The van der Waals surface area contributed by atoms with Crippen molar-refractivity contribution in [2.24, 2.45) is 0 Å². The summed E-state index contributed by atoms with van der Waals surface area (Å²) in [7, 11) is 0. The van der Waals surface area contributed by atoms with Gasteiger partial charge in [-0.25, -0.2) is 4.98 Å². The van der Waals surface area contributed by atoms with Crippen LogP contribution in [0.1, 0.15) is 31.7 Å². The second-order valence-electron chi connectivity index (χ2n) is 5.58. The van der Waals surface area contributed by atoms with Crippen molar-refractivity contribution >= 4 is 11.6 Å². The normalized spacial score (nSPS) is 20.2. The van der Waals surface area contributed by atoms with Gasteiger partial charge in [0.25, 0.3) is 0 Å². The third kappa shape index (κ3) is 3.00. The predicted octanol–water partition coefficient (Wildman–Crippen LogP) is 2.02. The van der Waals surface area contributed by atoms with Gasteiger partial charge in [-0.05, 0) is 43.4 Å². The highest BCUT2D eigenvalue weighted by atomic mass is 15.2. The Morgan fingerprint density at radius 1 is 1.32 bits per heavy atom. The van der Waals surface area contributed by atoms with Crippen LogP contribution in [0.4, 0.5) is 11.6 Å². The summed E-state index contributed by atoms with van der Waals surface area (Å²) < 4.78 is 0. The van der Waals surface area contributed by atoms with Gasteiger partial charge in [-0.2, -0.15) is 0 Å². The number of aryl methyl sites for hydroxylation is 1. The maximum absolute atomic E-state index is 4.81. The molecule has 0 bridgehead atoms. The van der Waals surface area contributed by atoms with Crippen molar-refractivity contribution in [1.82, 2.24) is 10.3 Å². The summed E-state index contributed by atoms with van der Waals surface area (Å²) in [6.45, 7) is 6.45. The highest BCUT2D eigenvalue weighted by Gasteiger charge is 2.19. The monoisotopic (exact) mass is 260 g/mol. The minimum Gasteiger partial charge on any atom is -0.367 e. The Hall–Kier alpha value is -1.29. The van der Waals surface area contributed by atoms with Gasteiger partial charge >= 0.3 is 0 Å². The third-order valence-corrected chi connectivity index (χ3v) is 4.18. The Kier molecular flexibility index (Phi) is 3.87. The molecular formula is C15H24N4. The summed E-state index contributed by atoms with van der Waals surface area (Å²) >= 11 is 0. The van der Waals surface area contributed by atoms with Crippen molar-refractivity contribution in [3.8, 4) is 0 Å². The molecule has 2 N–H and O–H groups in total. The van der Waals surface area contributed by atoms with E-state index in [0.29, 0.717) is 6.04 Å². The lowest BCUT2D eigenvalue weighted by atomic mass is 9.93. The van der Waals surface area contributed by atoms with E-state index < -0.39 is 0 Å². The quantitative estimate of drug-likeness (QED) is 0.869. The maximum Gasteiger partial charge on any atom is 0.131 e. The summed E-state index contributed by atoms with van der Waals surface area (Å²) in [5, 5.41) is 6.97. The highest BCUT2D eigenvalue weighted by molar-refractivity contribution is 5.51. The fourth-order valence-corrected chi connectivity index (χ4v) is 2.67. The zero-order valence-electron chi connectivity index (χ0n) is 11.8. The van der Waals surface area contributed by atoms with Gasteiger partial charge in [0.05, 0.1) is 0 Å². The van der Waals surface area contributed by atoms with Gasteiger partial charge in [-0.1, -0.05) is 6.92 Å². The van der Waals surface area contributed by atoms with Crippen molar-refractivity contribution < 1.29 is 0 Å². The first-order valence-corrected chi connectivity index (χ1v) is 7.58. The molecule has 2 fully saturated rings. The van der Waals surface area contributed by atoms with Crippen molar-refractivity contribution in [3.63, 3.8) is 0 Å². The van der Waals surface area contributed by atoms with Crippen molar-refractivity contribution in [3.05, 3.63) is 17.7 Å². The van der Waals surface area contributed by atoms with E-state index in [2.05, 4.69) is 34.6 Å². The smallest absolute Gasteiger partial charge is 0.131 e. The fraction of sp³-hybridized carbons (Fsp3) is 0.667. The number of piperazine rings is 1. The van der Waals surface area contributed by atoms with Gasteiger partial charge in [-0.15, -0.1) is 0 Å².